The van der Waals surface area contributed by atoms with Crippen LogP contribution in [0.3, 0.4) is 0 Å². The van der Waals surface area contributed by atoms with Gasteiger partial charge in [-0.15, -0.1) is 11.3 Å². The Kier molecular flexibility index (Phi) is 5.87. The molecule has 0 aliphatic carbocycles. The number of rotatable bonds is 6. The maximum atomic E-state index is 11.8. The van der Waals surface area contributed by atoms with Crippen molar-refractivity contribution in [3.8, 4) is 16.6 Å². The van der Waals surface area contributed by atoms with E-state index in [1.165, 1.54) is 21.8 Å². The number of thiophene rings is 1. The number of aromatic nitrogens is 3. The van der Waals surface area contributed by atoms with Crippen molar-refractivity contribution in [3.05, 3.63) is 46.1 Å². The van der Waals surface area contributed by atoms with Gasteiger partial charge >= 0.3 is 0 Å². The smallest absolute Gasteiger partial charge is 0.260 e. The fourth-order valence-corrected chi connectivity index (χ4v) is 4.30. The predicted molar refractivity (Wildman–Crippen MR) is 119 cm³/mol. The zero-order valence-electron chi connectivity index (χ0n) is 17.1. The highest BCUT2D eigenvalue weighted by molar-refractivity contribution is 7.19. The molecule has 0 bridgehead atoms. The highest BCUT2D eigenvalue weighted by Gasteiger charge is 2.27. The van der Waals surface area contributed by atoms with Crippen LogP contribution in [0.25, 0.3) is 10.7 Å². The molecular formula is C21H22ClN5O2S. The van der Waals surface area contributed by atoms with Crippen LogP contribution in [0.5, 0.6) is 5.88 Å². The third kappa shape index (κ3) is 4.11. The van der Waals surface area contributed by atoms with Crippen LogP contribution in [0, 0.1) is 0 Å². The van der Waals surface area contributed by atoms with Gasteiger partial charge in [-0.3, -0.25) is 4.79 Å². The van der Waals surface area contributed by atoms with Crippen LogP contribution in [-0.2, 0) is 17.6 Å². The van der Waals surface area contributed by atoms with Crippen molar-refractivity contribution in [2.45, 2.75) is 19.8 Å². The molecule has 4 rings (SSSR count). The molecule has 0 N–H and O–H groups in total. The van der Waals surface area contributed by atoms with Gasteiger partial charge in [0.2, 0.25) is 5.88 Å². The van der Waals surface area contributed by atoms with E-state index in [1.54, 1.807) is 20.3 Å². The minimum absolute atomic E-state index is 0.0501. The van der Waals surface area contributed by atoms with Gasteiger partial charge in [-0.2, -0.15) is 0 Å². The lowest BCUT2D eigenvalue weighted by Gasteiger charge is -2.20. The molecule has 0 aromatic carbocycles. The fourth-order valence-electron chi connectivity index (χ4n) is 3.33. The second kappa shape index (κ2) is 8.57. The summed E-state index contributed by atoms with van der Waals surface area (Å²) in [7, 11) is 3.39. The second-order valence-electron chi connectivity index (χ2n) is 7.08. The van der Waals surface area contributed by atoms with Crippen molar-refractivity contribution in [2.75, 3.05) is 32.1 Å². The molecule has 0 saturated heterocycles. The molecule has 7 nitrogen and oxygen atoms in total. The summed E-state index contributed by atoms with van der Waals surface area (Å²) in [5, 5.41) is 0. The standard InChI is InChI=1S/C21H22ClN5O2S/c1-4-15-14-8-10-27(21(14)25-20(24-15)16-5-6-17(22)30-16)13-7-9-23-18(11-13)29-12-19(28)26(2)3/h5-7,9,11H,4,8,10,12H2,1-3H3. The average Bonchev–Trinajstić information content (AvgIpc) is 3.37. The number of anilines is 2. The lowest BCUT2D eigenvalue weighted by Crippen LogP contribution is -2.27. The van der Waals surface area contributed by atoms with Gasteiger partial charge in [-0.1, -0.05) is 18.5 Å². The van der Waals surface area contributed by atoms with E-state index in [1.807, 2.05) is 24.3 Å². The zero-order chi connectivity index (χ0) is 21.3. The fraction of sp³-hybridized carbons (Fsp3) is 0.333. The van der Waals surface area contributed by atoms with Crippen LogP contribution in [0.4, 0.5) is 11.5 Å². The molecule has 0 fully saturated rings. The minimum atomic E-state index is -0.117. The van der Waals surface area contributed by atoms with E-state index in [-0.39, 0.29) is 12.5 Å². The van der Waals surface area contributed by atoms with Crippen LogP contribution >= 0.6 is 22.9 Å². The number of nitrogens with zero attached hydrogens (tertiary/aromatic N) is 5. The Morgan fingerprint density at radius 2 is 2.13 bits per heavy atom. The number of hydrogen-bond acceptors (Lipinski definition) is 7. The normalized spacial score (nSPS) is 12.7. The molecule has 3 aromatic heterocycles. The Bertz CT molecular complexity index is 1090. The number of pyridine rings is 1. The van der Waals surface area contributed by atoms with Gasteiger partial charge in [0.1, 0.15) is 5.82 Å². The van der Waals surface area contributed by atoms with Crippen molar-refractivity contribution in [3.63, 3.8) is 0 Å². The first kappa shape index (κ1) is 20.6. The minimum Gasteiger partial charge on any atom is -0.467 e. The van der Waals surface area contributed by atoms with Gasteiger partial charge in [-0.05, 0) is 31.0 Å². The number of aryl methyl sites for hydroxylation is 1. The van der Waals surface area contributed by atoms with Crippen molar-refractivity contribution in [2.24, 2.45) is 0 Å². The van der Waals surface area contributed by atoms with Gasteiger partial charge in [0, 0.05) is 49.8 Å². The first-order chi connectivity index (χ1) is 14.5. The van der Waals surface area contributed by atoms with E-state index >= 15 is 0 Å². The summed E-state index contributed by atoms with van der Waals surface area (Å²) < 4.78 is 6.30. The molecule has 0 spiro atoms. The van der Waals surface area contributed by atoms with Crippen LogP contribution in [0.2, 0.25) is 4.34 Å². The molecule has 1 aliphatic rings. The van der Waals surface area contributed by atoms with Gasteiger partial charge in [-0.25, -0.2) is 15.0 Å². The number of likely N-dealkylation sites (N-methyl/N-ethyl adjacent to an activating group) is 1. The summed E-state index contributed by atoms with van der Waals surface area (Å²) in [5.74, 6) is 1.89. The number of carbonyl (C=O) groups is 1. The molecule has 156 valence electrons. The van der Waals surface area contributed by atoms with Gasteiger partial charge in [0.15, 0.2) is 12.4 Å². The zero-order valence-corrected chi connectivity index (χ0v) is 18.6. The molecule has 0 saturated carbocycles. The van der Waals surface area contributed by atoms with Gasteiger partial charge in [0.25, 0.3) is 5.91 Å². The van der Waals surface area contributed by atoms with Gasteiger partial charge in [0.05, 0.1) is 9.21 Å². The number of ether oxygens (including phenoxy) is 1. The predicted octanol–water partition coefficient (Wildman–Crippen LogP) is 3.98. The van der Waals surface area contributed by atoms with E-state index in [4.69, 9.17) is 26.3 Å². The molecule has 4 heterocycles. The summed E-state index contributed by atoms with van der Waals surface area (Å²) in [5.41, 5.74) is 3.15. The summed E-state index contributed by atoms with van der Waals surface area (Å²) in [6.45, 7) is 2.85. The Balaban J connectivity index is 1.65. The Hall–Kier alpha value is -2.71. The quantitative estimate of drug-likeness (QED) is 0.574. The van der Waals surface area contributed by atoms with E-state index in [9.17, 15) is 4.79 Å². The highest BCUT2D eigenvalue weighted by Crippen LogP contribution is 2.38. The number of hydrogen-bond donors (Lipinski definition) is 0. The molecule has 30 heavy (non-hydrogen) atoms. The Morgan fingerprint density at radius 3 is 2.83 bits per heavy atom. The largest absolute Gasteiger partial charge is 0.467 e. The second-order valence-corrected chi connectivity index (χ2v) is 8.80. The molecule has 0 radical (unpaired) electrons. The SMILES string of the molecule is CCc1nc(-c2ccc(Cl)s2)nc2c1CCN2c1ccnc(OCC(=O)N(C)C)c1. The third-order valence-electron chi connectivity index (χ3n) is 4.91. The summed E-state index contributed by atoms with van der Waals surface area (Å²) in [6.07, 6.45) is 3.40. The van der Waals surface area contributed by atoms with Crippen molar-refractivity contribution in [1.29, 1.82) is 0 Å². The van der Waals surface area contributed by atoms with Crippen molar-refractivity contribution in [1.82, 2.24) is 19.9 Å². The van der Waals surface area contributed by atoms with E-state index in [0.717, 1.165) is 41.5 Å². The molecule has 1 aliphatic heterocycles. The Labute approximate surface area is 184 Å². The molecule has 0 atom stereocenters. The highest BCUT2D eigenvalue weighted by atomic mass is 35.5. The first-order valence-corrected chi connectivity index (χ1v) is 10.9. The van der Waals surface area contributed by atoms with Crippen LogP contribution in [-0.4, -0.2) is 53.0 Å². The monoisotopic (exact) mass is 443 g/mol. The molecule has 3 aromatic rings. The van der Waals surface area contributed by atoms with Crippen molar-refractivity contribution >= 4 is 40.4 Å². The summed E-state index contributed by atoms with van der Waals surface area (Å²) in [4.78, 5) is 30.3. The molecule has 1 amide bonds. The lowest BCUT2D eigenvalue weighted by molar-refractivity contribution is -0.130. The average molecular weight is 444 g/mol. The maximum Gasteiger partial charge on any atom is 0.260 e. The van der Waals surface area contributed by atoms with E-state index in [0.29, 0.717) is 16.0 Å². The number of halogens is 1. The lowest BCUT2D eigenvalue weighted by atomic mass is 10.1. The third-order valence-corrected chi connectivity index (χ3v) is 6.14. The number of fused-ring (bicyclic) bond motifs is 1. The molecule has 9 heteroatoms. The molecular weight excluding hydrogens is 422 g/mol. The summed E-state index contributed by atoms with van der Waals surface area (Å²) in [6, 6.07) is 7.58. The van der Waals surface area contributed by atoms with Gasteiger partial charge < -0.3 is 14.5 Å². The number of carbonyl (C=O) groups excluding carboxylic acids is 1. The summed E-state index contributed by atoms with van der Waals surface area (Å²) >= 11 is 7.59. The van der Waals surface area contributed by atoms with E-state index in [2.05, 4.69) is 16.8 Å². The maximum absolute atomic E-state index is 11.8. The molecule has 0 unspecified atom stereocenters. The topological polar surface area (TPSA) is 71.5 Å². The van der Waals surface area contributed by atoms with Crippen LogP contribution in [0.15, 0.2) is 30.5 Å². The van der Waals surface area contributed by atoms with E-state index < -0.39 is 0 Å². The Morgan fingerprint density at radius 1 is 1.30 bits per heavy atom. The van der Waals surface area contributed by atoms with Crippen LogP contribution in [0.1, 0.15) is 18.2 Å². The van der Waals surface area contributed by atoms with Crippen molar-refractivity contribution < 1.29 is 9.53 Å². The first-order valence-electron chi connectivity index (χ1n) is 9.68. The number of amides is 1. The van der Waals surface area contributed by atoms with Crippen LogP contribution < -0.4 is 9.64 Å².